The topological polar surface area (TPSA) is 71.0 Å². The zero-order valence-electron chi connectivity index (χ0n) is 10.3. The van der Waals surface area contributed by atoms with Gasteiger partial charge in [0.2, 0.25) is 0 Å². The second-order valence-electron chi connectivity index (χ2n) is 5.03. The molecular formula is C11H16N6. The lowest BCUT2D eigenvalue weighted by Crippen LogP contribution is -2.11. The summed E-state index contributed by atoms with van der Waals surface area (Å²) in [4.78, 5) is 2.75. The smallest absolute Gasteiger partial charge is 0.136 e. The molecule has 0 radical (unpaired) electrons. The Labute approximate surface area is 99.5 Å². The third-order valence-electron chi connectivity index (χ3n) is 2.67. The Balaban J connectivity index is 2.32. The highest BCUT2D eigenvalue weighted by Gasteiger charge is 2.18. The van der Waals surface area contributed by atoms with E-state index in [1.165, 1.54) is 0 Å². The molecule has 0 atom stereocenters. The van der Waals surface area contributed by atoms with E-state index in [1.54, 1.807) is 0 Å². The molecule has 0 aliphatic rings. The first-order valence-electron chi connectivity index (χ1n) is 5.58. The Morgan fingerprint density at radius 1 is 1.41 bits per heavy atom. The van der Waals surface area contributed by atoms with Gasteiger partial charge in [-0.3, -0.25) is 0 Å². The van der Waals surface area contributed by atoms with Crippen molar-refractivity contribution in [2.75, 3.05) is 6.54 Å². The fraction of sp³-hybridized carbons (Fsp3) is 0.545. The predicted octanol–water partition coefficient (Wildman–Crippen LogP) is 2.74. The van der Waals surface area contributed by atoms with Crippen LogP contribution in [0.4, 0.5) is 0 Å². The van der Waals surface area contributed by atoms with Crippen molar-refractivity contribution in [2.24, 2.45) is 5.11 Å². The van der Waals surface area contributed by atoms with Gasteiger partial charge in [-0.2, -0.15) is 5.10 Å². The zero-order valence-corrected chi connectivity index (χ0v) is 10.3. The van der Waals surface area contributed by atoms with Crippen molar-refractivity contribution in [3.05, 3.63) is 34.6 Å². The highest BCUT2D eigenvalue weighted by molar-refractivity contribution is 5.42. The van der Waals surface area contributed by atoms with Crippen LogP contribution < -0.4 is 0 Å². The molecule has 2 aromatic rings. The maximum Gasteiger partial charge on any atom is 0.136 e. The van der Waals surface area contributed by atoms with Gasteiger partial charge in [0.25, 0.3) is 0 Å². The van der Waals surface area contributed by atoms with E-state index in [9.17, 15) is 0 Å². The summed E-state index contributed by atoms with van der Waals surface area (Å²) in [5.41, 5.74) is 10.4. The zero-order chi connectivity index (χ0) is 12.5. The maximum atomic E-state index is 8.25. The van der Waals surface area contributed by atoms with Crippen LogP contribution in [0.1, 0.15) is 26.5 Å². The van der Waals surface area contributed by atoms with Crippen molar-refractivity contribution >= 4 is 5.65 Å². The summed E-state index contributed by atoms with van der Waals surface area (Å²) in [7, 11) is 0. The van der Waals surface area contributed by atoms with Crippen LogP contribution in [0.3, 0.4) is 0 Å². The second-order valence-corrected chi connectivity index (χ2v) is 5.03. The number of hydrogen-bond acceptors (Lipinski definition) is 2. The number of nitrogens with zero attached hydrogens (tertiary/aromatic N) is 6. The van der Waals surface area contributed by atoms with Crippen LogP contribution >= 0.6 is 0 Å². The summed E-state index contributed by atoms with van der Waals surface area (Å²) in [5.74, 6) is 0. The lowest BCUT2D eigenvalue weighted by Gasteiger charge is -2.13. The molecule has 0 saturated carbocycles. The molecule has 0 bridgehead atoms. The van der Waals surface area contributed by atoms with Crippen LogP contribution in [-0.2, 0) is 12.0 Å². The van der Waals surface area contributed by atoms with Gasteiger partial charge >= 0.3 is 0 Å². The molecule has 6 heteroatoms. The van der Waals surface area contributed by atoms with Gasteiger partial charge in [-0.15, -0.1) is 0 Å². The van der Waals surface area contributed by atoms with Crippen LogP contribution in [0.2, 0.25) is 0 Å². The normalized spacial score (nSPS) is 11.7. The molecule has 0 aliphatic carbocycles. The third-order valence-corrected chi connectivity index (χ3v) is 2.67. The Kier molecular flexibility index (Phi) is 2.81. The number of azide groups is 1. The molecule has 2 rings (SSSR count). The number of fused-ring (bicyclic) bond motifs is 1. The van der Waals surface area contributed by atoms with Crippen LogP contribution in [0.25, 0.3) is 16.1 Å². The lowest BCUT2D eigenvalue weighted by molar-refractivity contribution is 0.563. The monoisotopic (exact) mass is 232 g/mol. The first kappa shape index (κ1) is 11.5. The second kappa shape index (κ2) is 4.14. The molecule has 17 heavy (non-hydrogen) atoms. The summed E-state index contributed by atoms with van der Waals surface area (Å²) >= 11 is 0. The van der Waals surface area contributed by atoms with Crippen molar-refractivity contribution < 1.29 is 0 Å². The molecule has 0 fully saturated rings. The fourth-order valence-electron chi connectivity index (χ4n) is 1.68. The highest BCUT2D eigenvalue weighted by Crippen LogP contribution is 2.22. The molecule has 0 aromatic carbocycles. The SMILES string of the molecule is CC(C)(C)c1cc2n(CCN=[N+]=[N-])ccn2n1. The summed E-state index contributed by atoms with van der Waals surface area (Å²) in [5, 5.41) is 8.06. The first-order chi connectivity index (χ1) is 8.02. The Morgan fingerprint density at radius 2 is 2.18 bits per heavy atom. The summed E-state index contributed by atoms with van der Waals surface area (Å²) in [6.07, 6.45) is 3.86. The molecule has 0 N–H and O–H groups in total. The largest absolute Gasteiger partial charge is 0.331 e. The van der Waals surface area contributed by atoms with Gasteiger partial charge in [0, 0.05) is 41.9 Å². The quantitative estimate of drug-likeness (QED) is 0.455. The molecule has 0 amide bonds. The maximum absolute atomic E-state index is 8.25. The summed E-state index contributed by atoms with van der Waals surface area (Å²) < 4.78 is 3.90. The van der Waals surface area contributed by atoms with Gasteiger partial charge in [-0.25, -0.2) is 4.52 Å². The Morgan fingerprint density at radius 3 is 2.82 bits per heavy atom. The Hall–Kier alpha value is -1.94. The van der Waals surface area contributed by atoms with Crippen molar-refractivity contribution in [2.45, 2.75) is 32.7 Å². The average Bonchev–Trinajstić information content (AvgIpc) is 2.78. The van der Waals surface area contributed by atoms with E-state index in [-0.39, 0.29) is 5.41 Å². The molecular weight excluding hydrogens is 216 g/mol. The van der Waals surface area contributed by atoms with Crippen LogP contribution in [0.5, 0.6) is 0 Å². The molecule has 0 aliphatic heterocycles. The molecule has 2 heterocycles. The van der Waals surface area contributed by atoms with Crippen LogP contribution in [0.15, 0.2) is 23.6 Å². The molecule has 90 valence electrons. The number of hydrogen-bond donors (Lipinski definition) is 0. The molecule has 2 aromatic heterocycles. The third kappa shape index (κ3) is 2.26. The first-order valence-corrected chi connectivity index (χ1v) is 5.58. The van der Waals surface area contributed by atoms with Gasteiger partial charge in [0.1, 0.15) is 5.65 Å². The van der Waals surface area contributed by atoms with E-state index < -0.39 is 0 Å². The van der Waals surface area contributed by atoms with Crippen LogP contribution in [-0.4, -0.2) is 20.7 Å². The van der Waals surface area contributed by atoms with Crippen molar-refractivity contribution in [3.8, 4) is 0 Å². The van der Waals surface area contributed by atoms with Crippen molar-refractivity contribution in [3.63, 3.8) is 0 Å². The van der Waals surface area contributed by atoms with Gasteiger partial charge in [0.05, 0.1) is 5.69 Å². The van der Waals surface area contributed by atoms with E-state index in [0.717, 1.165) is 11.3 Å². The van der Waals surface area contributed by atoms with E-state index in [4.69, 9.17) is 5.53 Å². The number of rotatable bonds is 3. The molecule has 0 spiro atoms. The van der Waals surface area contributed by atoms with E-state index >= 15 is 0 Å². The summed E-state index contributed by atoms with van der Waals surface area (Å²) in [6, 6.07) is 2.08. The minimum absolute atomic E-state index is 0.0433. The summed E-state index contributed by atoms with van der Waals surface area (Å²) in [6.45, 7) is 7.55. The van der Waals surface area contributed by atoms with Gasteiger partial charge in [-0.05, 0) is 5.53 Å². The standard InChI is InChI=1S/C11H16N6/c1-11(2,3)9-8-10-16(5-4-13-15-12)6-7-17(10)14-9/h6-8H,4-5H2,1-3H3. The lowest BCUT2D eigenvalue weighted by atomic mass is 9.93. The molecule has 0 saturated heterocycles. The minimum Gasteiger partial charge on any atom is -0.331 e. The predicted molar refractivity (Wildman–Crippen MR) is 65.9 cm³/mol. The van der Waals surface area contributed by atoms with Crippen molar-refractivity contribution in [1.82, 2.24) is 14.2 Å². The number of aromatic nitrogens is 3. The van der Waals surface area contributed by atoms with Gasteiger partial charge in [0.15, 0.2) is 0 Å². The van der Waals surface area contributed by atoms with E-state index in [0.29, 0.717) is 13.1 Å². The Bertz CT molecular complexity index is 564. The fourth-order valence-corrected chi connectivity index (χ4v) is 1.68. The van der Waals surface area contributed by atoms with Gasteiger partial charge < -0.3 is 4.57 Å². The average molecular weight is 232 g/mol. The molecule has 6 nitrogen and oxygen atoms in total. The van der Waals surface area contributed by atoms with E-state index in [2.05, 4.69) is 42.0 Å². The number of imidazole rings is 1. The van der Waals surface area contributed by atoms with Crippen LogP contribution in [0, 0.1) is 0 Å². The van der Waals surface area contributed by atoms with E-state index in [1.807, 2.05) is 21.5 Å². The van der Waals surface area contributed by atoms with Crippen molar-refractivity contribution in [1.29, 1.82) is 0 Å². The molecule has 0 unspecified atom stereocenters. The highest BCUT2D eigenvalue weighted by atomic mass is 15.3. The van der Waals surface area contributed by atoms with Gasteiger partial charge in [-0.1, -0.05) is 25.9 Å². The minimum atomic E-state index is 0.0433.